The Bertz CT molecular complexity index is 557. The average Bonchev–Trinajstić information content (AvgIpc) is 2.35. The fraction of sp³-hybridized carbons (Fsp3) is 0.333. The molecule has 20 heavy (non-hydrogen) atoms. The summed E-state index contributed by atoms with van der Waals surface area (Å²) in [6.45, 7) is 9.18. The summed E-state index contributed by atoms with van der Waals surface area (Å²) in [5, 5.41) is 3.44. The molecule has 1 unspecified atom stereocenters. The minimum atomic E-state index is 0.123. The zero-order valence-electron chi connectivity index (χ0n) is 12.7. The monoisotopic (exact) mass is 269 g/mol. The van der Waals surface area contributed by atoms with Crippen molar-refractivity contribution < 1.29 is 4.74 Å². The zero-order chi connectivity index (χ0) is 14.5. The average molecular weight is 269 g/mol. The molecular weight excluding hydrogens is 246 g/mol. The van der Waals surface area contributed by atoms with Gasteiger partial charge in [-0.25, -0.2) is 0 Å². The van der Waals surface area contributed by atoms with Crippen molar-refractivity contribution in [1.82, 2.24) is 0 Å². The van der Waals surface area contributed by atoms with Crippen molar-refractivity contribution in [3.63, 3.8) is 0 Å². The van der Waals surface area contributed by atoms with Crippen molar-refractivity contribution in [2.24, 2.45) is 0 Å². The van der Waals surface area contributed by atoms with Crippen LogP contribution in [-0.2, 0) is 0 Å². The van der Waals surface area contributed by atoms with Crippen LogP contribution < -0.4 is 10.1 Å². The first-order valence-corrected chi connectivity index (χ1v) is 7.08. The van der Waals surface area contributed by atoms with Crippen LogP contribution in [0.15, 0.2) is 42.5 Å². The number of hydrogen-bond acceptors (Lipinski definition) is 2. The zero-order valence-corrected chi connectivity index (χ0v) is 12.7. The van der Waals surface area contributed by atoms with Crippen LogP contribution in [0.2, 0.25) is 0 Å². The molecule has 0 amide bonds. The van der Waals surface area contributed by atoms with Gasteiger partial charge in [0.25, 0.3) is 0 Å². The summed E-state index contributed by atoms with van der Waals surface area (Å²) in [6.07, 6.45) is 0.123. The predicted molar refractivity (Wildman–Crippen MR) is 85.7 cm³/mol. The molecule has 0 heterocycles. The Morgan fingerprint density at radius 3 is 2.30 bits per heavy atom. The molecule has 0 bridgehead atoms. The summed E-state index contributed by atoms with van der Waals surface area (Å²) in [6, 6.07) is 14.7. The molecule has 0 aliphatic heterocycles. The largest absolute Gasteiger partial charge is 0.489 e. The van der Waals surface area contributed by atoms with Gasteiger partial charge in [0.2, 0.25) is 0 Å². The Labute approximate surface area is 121 Å². The molecule has 2 aromatic carbocycles. The second kappa shape index (κ2) is 6.47. The van der Waals surface area contributed by atoms with Crippen LogP contribution >= 0.6 is 0 Å². The maximum absolute atomic E-state index is 5.91. The van der Waals surface area contributed by atoms with E-state index in [1.54, 1.807) is 0 Å². The first-order valence-electron chi connectivity index (χ1n) is 7.08. The molecule has 0 radical (unpaired) electrons. The maximum Gasteiger partial charge on any atom is 0.120 e. The summed E-state index contributed by atoms with van der Waals surface area (Å²) < 4.78 is 5.91. The highest BCUT2D eigenvalue weighted by molar-refractivity contribution is 5.48. The number of anilines is 1. The number of aryl methyl sites for hydroxylation is 3. The van der Waals surface area contributed by atoms with E-state index < -0.39 is 0 Å². The van der Waals surface area contributed by atoms with Gasteiger partial charge in [-0.05, 0) is 68.7 Å². The highest BCUT2D eigenvalue weighted by atomic mass is 16.5. The van der Waals surface area contributed by atoms with Gasteiger partial charge in [0.05, 0.1) is 6.54 Å². The maximum atomic E-state index is 5.91. The molecule has 0 aliphatic carbocycles. The van der Waals surface area contributed by atoms with Crippen LogP contribution in [-0.4, -0.2) is 12.6 Å². The van der Waals surface area contributed by atoms with Gasteiger partial charge in [0, 0.05) is 5.69 Å². The van der Waals surface area contributed by atoms with Crippen LogP contribution in [0, 0.1) is 20.8 Å². The first kappa shape index (κ1) is 14.4. The SMILES string of the molecule is Cc1cc(C)cc(NCC(C)Oc2cccc(C)c2)c1. The highest BCUT2D eigenvalue weighted by Crippen LogP contribution is 2.16. The Kier molecular flexibility index (Phi) is 4.67. The molecule has 0 fully saturated rings. The molecule has 0 aliphatic rings. The van der Waals surface area contributed by atoms with E-state index in [0.717, 1.165) is 18.0 Å². The molecule has 2 heteroatoms. The Morgan fingerprint density at radius 1 is 0.950 bits per heavy atom. The van der Waals surface area contributed by atoms with Crippen molar-refractivity contribution >= 4 is 5.69 Å². The van der Waals surface area contributed by atoms with E-state index in [1.807, 2.05) is 12.1 Å². The van der Waals surface area contributed by atoms with Gasteiger partial charge in [-0.15, -0.1) is 0 Å². The molecule has 0 aromatic heterocycles. The molecule has 0 spiro atoms. The Morgan fingerprint density at radius 2 is 1.65 bits per heavy atom. The van der Waals surface area contributed by atoms with Crippen molar-refractivity contribution in [2.45, 2.75) is 33.8 Å². The summed E-state index contributed by atoms with van der Waals surface area (Å²) in [5.41, 5.74) is 4.93. The number of ether oxygens (including phenoxy) is 1. The second-order valence-corrected chi connectivity index (χ2v) is 5.50. The fourth-order valence-corrected chi connectivity index (χ4v) is 2.30. The minimum absolute atomic E-state index is 0.123. The quantitative estimate of drug-likeness (QED) is 0.863. The lowest BCUT2D eigenvalue weighted by molar-refractivity contribution is 0.234. The first-order chi connectivity index (χ1) is 9.52. The van der Waals surface area contributed by atoms with Gasteiger partial charge in [0.15, 0.2) is 0 Å². The van der Waals surface area contributed by atoms with Crippen molar-refractivity contribution in [1.29, 1.82) is 0 Å². The van der Waals surface area contributed by atoms with E-state index in [1.165, 1.54) is 16.7 Å². The van der Waals surface area contributed by atoms with E-state index >= 15 is 0 Å². The van der Waals surface area contributed by atoms with Crippen molar-refractivity contribution in [2.75, 3.05) is 11.9 Å². The van der Waals surface area contributed by atoms with Crippen LogP contribution in [0.3, 0.4) is 0 Å². The Hall–Kier alpha value is -1.96. The molecular formula is C18H23NO. The molecule has 0 saturated carbocycles. The molecule has 2 nitrogen and oxygen atoms in total. The minimum Gasteiger partial charge on any atom is -0.489 e. The number of benzene rings is 2. The van der Waals surface area contributed by atoms with E-state index in [2.05, 4.69) is 63.3 Å². The van der Waals surface area contributed by atoms with E-state index in [-0.39, 0.29) is 6.10 Å². The second-order valence-electron chi connectivity index (χ2n) is 5.50. The van der Waals surface area contributed by atoms with E-state index in [0.29, 0.717) is 0 Å². The molecule has 1 atom stereocenters. The third-order valence-electron chi connectivity index (χ3n) is 3.14. The molecule has 0 saturated heterocycles. The third-order valence-corrected chi connectivity index (χ3v) is 3.14. The van der Waals surface area contributed by atoms with Crippen LogP contribution in [0.4, 0.5) is 5.69 Å². The summed E-state index contributed by atoms with van der Waals surface area (Å²) in [7, 11) is 0. The van der Waals surface area contributed by atoms with E-state index in [4.69, 9.17) is 4.74 Å². The highest BCUT2D eigenvalue weighted by Gasteiger charge is 2.04. The third kappa shape index (κ3) is 4.30. The summed E-state index contributed by atoms with van der Waals surface area (Å²) in [5.74, 6) is 0.930. The van der Waals surface area contributed by atoms with E-state index in [9.17, 15) is 0 Å². The lowest BCUT2D eigenvalue weighted by Crippen LogP contribution is -2.22. The smallest absolute Gasteiger partial charge is 0.120 e. The normalized spacial score (nSPS) is 12.0. The molecule has 106 valence electrons. The van der Waals surface area contributed by atoms with Crippen LogP contribution in [0.5, 0.6) is 5.75 Å². The van der Waals surface area contributed by atoms with Gasteiger partial charge in [-0.2, -0.15) is 0 Å². The van der Waals surface area contributed by atoms with Crippen molar-refractivity contribution in [3.05, 3.63) is 59.2 Å². The molecule has 2 aromatic rings. The molecule has 1 N–H and O–H groups in total. The van der Waals surface area contributed by atoms with Crippen molar-refractivity contribution in [3.8, 4) is 5.75 Å². The van der Waals surface area contributed by atoms with Gasteiger partial charge < -0.3 is 10.1 Å². The number of rotatable bonds is 5. The lowest BCUT2D eigenvalue weighted by Gasteiger charge is -2.17. The summed E-state index contributed by atoms with van der Waals surface area (Å²) in [4.78, 5) is 0. The number of nitrogens with one attached hydrogen (secondary N) is 1. The standard InChI is InChI=1S/C18H23NO/c1-13-6-5-7-18(11-13)20-16(4)12-19-17-9-14(2)8-15(3)10-17/h5-11,16,19H,12H2,1-4H3. The van der Waals surface area contributed by atoms with Crippen LogP contribution in [0.25, 0.3) is 0 Å². The van der Waals surface area contributed by atoms with Gasteiger partial charge in [-0.1, -0.05) is 18.2 Å². The lowest BCUT2D eigenvalue weighted by atomic mass is 10.1. The topological polar surface area (TPSA) is 21.3 Å². The summed E-state index contributed by atoms with van der Waals surface area (Å²) >= 11 is 0. The number of hydrogen-bond donors (Lipinski definition) is 1. The Balaban J connectivity index is 1.90. The molecule has 2 rings (SSSR count). The fourth-order valence-electron chi connectivity index (χ4n) is 2.30. The predicted octanol–water partition coefficient (Wildman–Crippen LogP) is 4.49. The van der Waals surface area contributed by atoms with Crippen LogP contribution in [0.1, 0.15) is 23.6 Å². The van der Waals surface area contributed by atoms with Gasteiger partial charge in [-0.3, -0.25) is 0 Å². The van der Waals surface area contributed by atoms with Gasteiger partial charge >= 0.3 is 0 Å². The van der Waals surface area contributed by atoms with Gasteiger partial charge in [0.1, 0.15) is 11.9 Å².